The van der Waals surface area contributed by atoms with Crippen molar-refractivity contribution in [1.82, 2.24) is 14.8 Å². The molecule has 0 saturated heterocycles. The second-order valence-electron chi connectivity index (χ2n) is 4.35. The Labute approximate surface area is 108 Å². The zero-order chi connectivity index (χ0) is 13.4. The van der Waals surface area contributed by atoms with Gasteiger partial charge in [-0.25, -0.2) is 9.07 Å². The van der Waals surface area contributed by atoms with E-state index in [1.165, 1.54) is 12.1 Å². The number of benzene rings is 1. The maximum Gasteiger partial charge on any atom is 0.288 e. The second-order valence-corrected chi connectivity index (χ2v) is 4.35. The molecule has 98 valence electrons. The number of aromatic nitrogens is 3. The van der Waals surface area contributed by atoms with Crippen LogP contribution in [0.2, 0.25) is 0 Å². The number of carbonyl (C=O) groups excluding carboxylic acids is 1. The Balaban J connectivity index is 2.02. The summed E-state index contributed by atoms with van der Waals surface area (Å²) in [5.74, 6) is -0.457. The minimum absolute atomic E-state index is 0.0171. The van der Waals surface area contributed by atoms with Crippen molar-refractivity contribution < 1.29 is 9.18 Å². The van der Waals surface area contributed by atoms with Gasteiger partial charge in [-0.1, -0.05) is 12.1 Å². The smallest absolute Gasteiger partial charge is 0.288 e. The van der Waals surface area contributed by atoms with Gasteiger partial charge < -0.3 is 11.1 Å². The van der Waals surface area contributed by atoms with E-state index in [9.17, 15) is 9.18 Å². The highest BCUT2D eigenvalue weighted by Crippen LogP contribution is 2.28. The Morgan fingerprint density at radius 3 is 2.84 bits per heavy atom. The topological polar surface area (TPSA) is 85.8 Å². The molecule has 0 spiro atoms. The molecule has 2 heterocycles. The molecule has 3 N–H and O–H groups in total. The maximum absolute atomic E-state index is 13.0. The van der Waals surface area contributed by atoms with E-state index in [1.807, 2.05) is 0 Å². The molecule has 0 fully saturated rings. The van der Waals surface area contributed by atoms with Crippen molar-refractivity contribution in [3.63, 3.8) is 0 Å². The number of hydrogen-bond acceptors (Lipinski definition) is 4. The fourth-order valence-electron chi connectivity index (χ4n) is 2.20. The first-order valence-electron chi connectivity index (χ1n) is 5.91. The van der Waals surface area contributed by atoms with Crippen LogP contribution in [-0.4, -0.2) is 27.2 Å². The molecular weight excluding hydrogens is 249 g/mol. The predicted molar refractivity (Wildman–Crippen MR) is 66.2 cm³/mol. The Hall–Kier alpha value is -2.44. The highest BCUT2D eigenvalue weighted by Gasteiger charge is 2.25. The first-order chi connectivity index (χ1) is 9.15. The van der Waals surface area contributed by atoms with Gasteiger partial charge in [0.25, 0.3) is 5.91 Å². The Bertz CT molecular complexity index is 622. The van der Waals surface area contributed by atoms with Gasteiger partial charge in [-0.15, -0.1) is 5.10 Å². The summed E-state index contributed by atoms with van der Waals surface area (Å²) in [7, 11) is 0. The number of halogens is 1. The fourth-order valence-corrected chi connectivity index (χ4v) is 2.20. The van der Waals surface area contributed by atoms with E-state index >= 15 is 0 Å². The average molecular weight is 261 g/mol. The summed E-state index contributed by atoms with van der Waals surface area (Å²) in [4.78, 5) is 15.1. The van der Waals surface area contributed by atoms with Crippen LogP contribution in [0.5, 0.6) is 0 Å². The summed E-state index contributed by atoms with van der Waals surface area (Å²) >= 11 is 0. The number of primary amides is 1. The molecule has 6 nitrogen and oxygen atoms in total. The molecule has 1 atom stereocenters. The van der Waals surface area contributed by atoms with Crippen LogP contribution in [0, 0.1) is 5.82 Å². The highest BCUT2D eigenvalue weighted by atomic mass is 19.1. The van der Waals surface area contributed by atoms with Gasteiger partial charge in [0.2, 0.25) is 11.8 Å². The zero-order valence-corrected chi connectivity index (χ0v) is 10.0. The maximum atomic E-state index is 13.0. The van der Waals surface area contributed by atoms with E-state index in [2.05, 4.69) is 15.4 Å². The van der Waals surface area contributed by atoms with Gasteiger partial charge in [0, 0.05) is 6.54 Å². The van der Waals surface area contributed by atoms with E-state index in [0.717, 1.165) is 12.0 Å². The van der Waals surface area contributed by atoms with Crippen molar-refractivity contribution in [2.45, 2.75) is 12.5 Å². The Morgan fingerprint density at radius 1 is 1.42 bits per heavy atom. The number of rotatable bonds is 2. The number of nitrogens with one attached hydrogen (secondary N) is 1. The summed E-state index contributed by atoms with van der Waals surface area (Å²) in [5.41, 5.74) is 6.10. The standard InChI is InChI=1S/C12H12FN5O/c13-8-3-1-7(2-4-8)9-5-6-15-12-16-11(10(14)19)17-18(9)12/h1-4,9H,5-6H2,(H2,14,19)(H,15,16,17). The number of carbonyl (C=O) groups is 1. The van der Waals surface area contributed by atoms with Gasteiger partial charge in [0.15, 0.2) is 0 Å². The van der Waals surface area contributed by atoms with Crippen molar-refractivity contribution in [1.29, 1.82) is 0 Å². The number of amides is 1. The number of fused-ring (bicyclic) bond motifs is 1. The molecule has 2 aromatic rings. The van der Waals surface area contributed by atoms with E-state index in [0.29, 0.717) is 12.5 Å². The molecule has 1 amide bonds. The number of nitrogens with zero attached hydrogens (tertiary/aromatic N) is 3. The summed E-state index contributed by atoms with van der Waals surface area (Å²) in [5, 5.41) is 7.16. The molecule has 0 aliphatic carbocycles. The van der Waals surface area contributed by atoms with Crippen molar-refractivity contribution in [3.8, 4) is 0 Å². The minimum atomic E-state index is -0.665. The van der Waals surface area contributed by atoms with Gasteiger partial charge in [-0.3, -0.25) is 4.79 Å². The molecule has 1 aromatic carbocycles. The molecule has 0 bridgehead atoms. The quantitative estimate of drug-likeness (QED) is 0.841. The lowest BCUT2D eigenvalue weighted by Crippen LogP contribution is -2.24. The molecule has 3 rings (SSSR count). The minimum Gasteiger partial charge on any atom is -0.363 e. The summed E-state index contributed by atoms with van der Waals surface area (Å²) in [6, 6.07) is 6.16. The lowest BCUT2D eigenvalue weighted by atomic mass is 10.0. The van der Waals surface area contributed by atoms with Crippen LogP contribution in [0.1, 0.15) is 28.6 Å². The van der Waals surface area contributed by atoms with Crippen molar-refractivity contribution in [3.05, 3.63) is 41.5 Å². The predicted octanol–water partition coefficient (Wildman–Crippen LogP) is 0.921. The summed E-state index contributed by atoms with van der Waals surface area (Å²) in [6.45, 7) is 0.707. The number of hydrogen-bond donors (Lipinski definition) is 2. The van der Waals surface area contributed by atoms with Gasteiger partial charge in [-0.05, 0) is 24.1 Å². The Morgan fingerprint density at radius 2 is 2.16 bits per heavy atom. The molecule has 0 saturated carbocycles. The molecule has 1 aliphatic heterocycles. The van der Waals surface area contributed by atoms with E-state index < -0.39 is 5.91 Å². The van der Waals surface area contributed by atoms with Gasteiger partial charge in [-0.2, -0.15) is 4.98 Å². The van der Waals surface area contributed by atoms with E-state index in [1.54, 1.807) is 16.8 Å². The molecule has 0 radical (unpaired) electrons. The van der Waals surface area contributed by atoms with Crippen molar-refractivity contribution in [2.75, 3.05) is 11.9 Å². The number of anilines is 1. The highest BCUT2D eigenvalue weighted by molar-refractivity contribution is 5.89. The molecule has 19 heavy (non-hydrogen) atoms. The molecule has 1 aromatic heterocycles. The third kappa shape index (κ3) is 2.03. The first kappa shape index (κ1) is 11.6. The third-order valence-corrected chi connectivity index (χ3v) is 3.10. The van der Waals surface area contributed by atoms with Gasteiger partial charge in [0.05, 0.1) is 6.04 Å². The van der Waals surface area contributed by atoms with Crippen LogP contribution in [0.3, 0.4) is 0 Å². The van der Waals surface area contributed by atoms with Gasteiger partial charge in [0.1, 0.15) is 5.82 Å². The van der Waals surface area contributed by atoms with Crippen molar-refractivity contribution in [2.24, 2.45) is 5.73 Å². The van der Waals surface area contributed by atoms with Gasteiger partial charge >= 0.3 is 0 Å². The van der Waals surface area contributed by atoms with Crippen LogP contribution < -0.4 is 11.1 Å². The lowest BCUT2D eigenvalue weighted by molar-refractivity contribution is 0.0990. The lowest BCUT2D eigenvalue weighted by Gasteiger charge is -2.24. The van der Waals surface area contributed by atoms with Crippen LogP contribution >= 0.6 is 0 Å². The van der Waals surface area contributed by atoms with Crippen LogP contribution in [0.4, 0.5) is 10.3 Å². The fraction of sp³-hybridized carbons (Fsp3) is 0.250. The summed E-state index contributed by atoms with van der Waals surface area (Å²) in [6.07, 6.45) is 0.778. The Kier molecular flexibility index (Phi) is 2.66. The molecule has 1 aliphatic rings. The molecule has 7 heteroatoms. The number of nitrogens with two attached hydrogens (primary N) is 1. The van der Waals surface area contributed by atoms with E-state index in [4.69, 9.17) is 5.73 Å². The van der Waals surface area contributed by atoms with Crippen LogP contribution in [0.15, 0.2) is 24.3 Å². The van der Waals surface area contributed by atoms with E-state index in [-0.39, 0.29) is 17.7 Å². The molecule has 1 unspecified atom stereocenters. The van der Waals surface area contributed by atoms with Crippen LogP contribution in [0.25, 0.3) is 0 Å². The normalized spacial score (nSPS) is 17.6. The zero-order valence-electron chi connectivity index (χ0n) is 10.0. The first-order valence-corrected chi connectivity index (χ1v) is 5.91. The average Bonchev–Trinajstić information content (AvgIpc) is 2.83. The summed E-state index contributed by atoms with van der Waals surface area (Å²) < 4.78 is 14.6. The third-order valence-electron chi connectivity index (χ3n) is 3.10. The van der Waals surface area contributed by atoms with Crippen LogP contribution in [-0.2, 0) is 0 Å². The van der Waals surface area contributed by atoms with Crippen molar-refractivity contribution >= 4 is 11.9 Å². The second kappa shape index (κ2) is 4.34. The molecular formula is C12H12FN5O. The monoisotopic (exact) mass is 261 g/mol. The largest absolute Gasteiger partial charge is 0.363 e. The SMILES string of the molecule is NC(=O)c1nc2n(n1)C(c1ccc(F)cc1)CCN2.